The van der Waals surface area contributed by atoms with Crippen LogP contribution in [0.15, 0.2) is 48.5 Å². The van der Waals surface area contributed by atoms with Crippen LogP contribution in [0.4, 0.5) is 5.69 Å². The number of rotatable bonds is 8. The normalized spacial score (nSPS) is 17.3. The van der Waals surface area contributed by atoms with E-state index >= 15 is 0 Å². The van der Waals surface area contributed by atoms with E-state index in [0.717, 1.165) is 12.0 Å². The maximum absolute atomic E-state index is 12.8. The molecule has 1 saturated heterocycles. The van der Waals surface area contributed by atoms with Gasteiger partial charge >= 0.3 is 0 Å². The fourth-order valence-electron chi connectivity index (χ4n) is 3.88. The first-order valence-corrected chi connectivity index (χ1v) is 10.4. The first-order valence-electron chi connectivity index (χ1n) is 10.4. The quantitative estimate of drug-likeness (QED) is 0.728. The Labute approximate surface area is 178 Å². The molecule has 1 N–H and O–H groups in total. The summed E-state index contributed by atoms with van der Waals surface area (Å²) < 4.78 is 5.37. The van der Waals surface area contributed by atoms with Crippen LogP contribution in [-0.4, -0.2) is 51.0 Å². The highest BCUT2D eigenvalue weighted by Gasteiger charge is 2.36. The minimum atomic E-state index is -0.368. The second-order valence-corrected chi connectivity index (χ2v) is 7.90. The SMILES string of the molecule is CCc1ccc(C(CNC(=O)C2CC(=O)N(c3ccccc3OC)C2)N(C)C)cc1. The van der Waals surface area contributed by atoms with E-state index in [1.54, 1.807) is 12.0 Å². The molecular formula is C24H31N3O3. The van der Waals surface area contributed by atoms with E-state index in [0.29, 0.717) is 24.5 Å². The van der Waals surface area contributed by atoms with Crippen LogP contribution in [0.2, 0.25) is 0 Å². The standard InChI is InChI=1S/C24H31N3O3/c1-5-17-10-12-18(13-11-17)21(26(2)3)15-25-24(29)19-14-23(28)27(16-19)20-8-6-7-9-22(20)30-4/h6-13,19,21H,5,14-16H2,1-4H3,(H,25,29). The van der Waals surface area contributed by atoms with Crippen molar-refractivity contribution in [3.05, 3.63) is 59.7 Å². The fourth-order valence-corrected chi connectivity index (χ4v) is 3.88. The third-order valence-electron chi connectivity index (χ3n) is 5.74. The fraction of sp³-hybridized carbons (Fsp3) is 0.417. The van der Waals surface area contributed by atoms with Gasteiger partial charge in [0.1, 0.15) is 5.75 Å². The molecule has 0 radical (unpaired) electrons. The zero-order valence-electron chi connectivity index (χ0n) is 18.2. The second kappa shape index (κ2) is 9.76. The number of nitrogens with zero attached hydrogens (tertiary/aromatic N) is 2. The summed E-state index contributed by atoms with van der Waals surface area (Å²) in [6.45, 7) is 3.00. The Kier molecular flexibility index (Phi) is 7.11. The molecule has 3 rings (SSSR count). The summed E-state index contributed by atoms with van der Waals surface area (Å²) in [6.07, 6.45) is 1.21. The highest BCUT2D eigenvalue weighted by atomic mass is 16.5. The predicted octanol–water partition coefficient (Wildman–Crippen LogP) is 3.03. The van der Waals surface area contributed by atoms with Crippen LogP contribution in [0, 0.1) is 5.92 Å². The van der Waals surface area contributed by atoms with E-state index in [2.05, 4.69) is 41.4 Å². The maximum Gasteiger partial charge on any atom is 0.227 e. The molecule has 1 heterocycles. The summed E-state index contributed by atoms with van der Waals surface area (Å²) in [4.78, 5) is 29.2. The highest BCUT2D eigenvalue weighted by Crippen LogP contribution is 2.32. The van der Waals surface area contributed by atoms with Gasteiger partial charge in [-0.1, -0.05) is 43.3 Å². The second-order valence-electron chi connectivity index (χ2n) is 7.90. The molecule has 1 aliphatic heterocycles. The smallest absolute Gasteiger partial charge is 0.227 e. The molecule has 0 spiro atoms. The molecule has 30 heavy (non-hydrogen) atoms. The molecular weight excluding hydrogens is 378 g/mol. The Morgan fingerprint density at radius 1 is 1.20 bits per heavy atom. The van der Waals surface area contributed by atoms with Crippen molar-refractivity contribution in [3.8, 4) is 5.75 Å². The van der Waals surface area contributed by atoms with Crippen molar-refractivity contribution in [2.24, 2.45) is 5.92 Å². The van der Waals surface area contributed by atoms with Crippen LogP contribution < -0.4 is 15.0 Å². The van der Waals surface area contributed by atoms with Gasteiger partial charge in [-0.3, -0.25) is 9.59 Å². The summed E-state index contributed by atoms with van der Waals surface area (Å²) in [7, 11) is 5.60. The number of methoxy groups -OCH3 is 1. The summed E-state index contributed by atoms with van der Waals surface area (Å²) in [6, 6.07) is 16.0. The van der Waals surface area contributed by atoms with Crippen LogP contribution in [0.25, 0.3) is 0 Å². The largest absolute Gasteiger partial charge is 0.495 e. The van der Waals surface area contributed by atoms with Crippen LogP contribution in [-0.2, 0) is 16.0 Å². The molecule has 0 bridgehead atoms. The Bertz CT molecular complexity index is 880. The number of amides is 2. The van der Waals surface area contributed by atoms with Gasteiger partial charge < -0.3 is 19.9 Å². The summed E-state index contributed by atoms with van der Waals surface area (Å²) in [5.74, 6) is 0.125. The first-order chi connectivity index (χ1) is 14.4. The van der Waals surface area contributed by atoms with Crippen LogP contribution in [0.3, 0.4) is 0 Å². The van der Waals surface area contributed by atoms with Crippen LogP contribution >= 0.6 is 0 Å². The lowest BCUT2D eigenvalue weighted by atomic mass is 10.0. The highest BCUT2D eigenvalue weighted by molar-refractivity contribution is 6.01. The van der Waals surface area contributed by atoms with Crippen molar-refractivity contribution in [1.82, 2.24) is 10.2 Å². The lowest BCUT2D eigenvalue weighted by Crippen LogP contribution is -2.38. The van der Waals surface area contributed by atoms with E-state index in [9.17, 15) is 9.59 Å². The van der Waals surface area contributed by atoms with Gasteiger partial charge in [0.25, 0.3) is 0 Å². The third kappa shape index (κ3) is 4.82. The number of carbonyl (C=O) groups excluding carboxylic acids is 2. The van der Waals surface area contributed by atoms with Crippen LogP contribution in [0.5, 0.6) is 5.75 Å². The van der Waals surface area contributed by atoms with Gasteiger partial charge in [0, 0.05) is 19.5 Å². The molecule has 1 fully saturated rings. The van der Waals surface area contributed by atoms with Gasteiger partial charge in [-0.25, -0.2) is 0 Å². The molecule has 2 unspecified atom stereocenters. The molecule has 2 atom stereocenters. The van der Waals surface area contributed by atoms with Crippen LogP contribution in [0.1, 0.15) is 30.5 Å². The van der Waals surface area contributed by atoms with E-state index in [1.165, 1.54) is 5.56 Å². The van der Waals surface area contributed by atoms with E-state index in [1.807, 2.05) is 38.4 Å². The van der Waals surface area contributed by atoms with E-state index in [4.69, 9.17) is 4.74 Å². The molecule has 6 heteroatoms. The van der Waals surface area contributed by atoms with Gasteiger partial charge in [0.05, 0.1) is 24.8 Å². The number of ether oxygens (including phenoxy) is 1. The number of hydrogen-bond donors (Lipinski definition) is 1. The minimum absolute atomic E-state index is 0.0565. The van der Waals surface area contributed by atoms with Gasteiger partial charge in [0.15, 0.2) is 0 Å². The number of carbonyl (C=O) groups is 2. The Balaban J connectivity index is 1.64. The molecule has 0 aromatic heterocycles. The number of aryl methyl sites for hydroxylation is 1. The van der Waals surface area contributed by atoms with Gasteiger partial charge in [-0.05, 0) is 43.8 Å². The Hall–Kier alpha value is -2.86. The summed E-state index contributed by atoms with van der Waals surface area (Å²) in [5.41, 5.74) is 3.17. The van der Waals surface area contributed by atoms with Crippen molar-refractivity contribution in [2.75, 3.05) is 39.2 Å². The zero-order valence-corrected chi connectivity index (χ0v) is 18.2. The Morgan fingerprint density at radius 3 is 2.53 bits per heavy atom. The lowest BCUT2D eigenvalue weighted by Gasteiger charge is -2.26. The van der Waals surface area contributed by atoms with Crippen molar-refractivity contribution in [1.29, 1.82) is 0 Å². The number of benzene rings is 2. The summed E-state index contributed by atoms with van der Waals surface area (Å²) >= 11 is 0. The lowest BCUT2D eigenvalue weighted by molar-refractivity contribution is -0.126. The summed E-state index contributed by atoms with van der Waals surface area (Å²) in [5, 5.41) is 3.06. The maximum atomic E-state index is 12.8. The number of para-hydroxylation sites is 2. The topological polar surface area (TPSA) is 61.9 Å². The molecule has 6 nitrogen and oxygen atoms in total. The average Bonchev–Trinajstić information content (AvgIpc) is 3.15. The van der Waals surface area contributed by atoms with Gasteiger partial charge in [-0.2, -0.15) is 0 Å². The minimum Gasteiger partial charge on any atom is -0.495 e. The first kappa shape index (κ1) is 21.8. The monoisotopic (exact) mass is 409 g/mol. The number of nitrogens with one attached hydrogen (secondary N) is 1. The number of anilines is 1. The average molecular weight is 410 g/mol. The predicted molar refractivity (Wildman–Crippen MR) is 119 cm³/mol. The molecule has 0 saturated carbocycles. The molecule has 2 aromatic rings. The van der Waals surface area contributed by atoms with Crippen molar-refractivity contribution < 1.29 is 14.3 Å². The van der Waals surface area contributed by atoms with E-state index in [-0.39, 0.29) is 30.2 Å². The van der Waals surface area contributed by atoms with Gasteiger partial charge in [0.2, 0.25) is 11.8 Å². The molecule has 2 aromatic carbocycles. The van der Waals surface area contributed by atoms with E-state index < -0.39 is 0 Å². The Morgan fingerprint density at radius 2 is 1.90 bits per heavy atom. The van der Waals surface area contributed by atoms with Crippen molar-refractivity contribution in [2.45, 2.75) is 25.8 Å². The molecule has 1 aliphatic rings. The van der Waals surface area contributed by atoms with Crippen molar-refractivity contribution >= 4 is 17.5 Å². The number of likely N-dealkylation sites (N-methyl/N-ethyl adjacent to an activating group) is 1. The van der Waals surface area contributed by atoms with Crippen molar-refractivity contribution in [3.63, 3.8) is 0 Å². The zero-order chi connectivity index (χ0) is 21.7. The third-order valence-corrected chi connectivity index (χ3v) is 5.74. The van der Waals surface area contributed by atoms with Gasteiger partial charge in [-0.15, -0.1) is 0 Å². The number of hydrogen-bond acceptors (Lipinski definition) is 4. The molecule has 0 aliphatic carbocycles. The molecule has 2 amide bonds. The molecule has 160 valence electrons.